The Balaban J connectivity index is 1.08. The molecule has 7 rings (SSSR count). The lowest BCUT2D eigenvalue weighted by atomic mass is 9.89. The average Bonchev–Trinajstić information content (AvgIpc) is 3.31. The number of sulfonamides is 1. The van der Waals surface area contributed by atoms with Crippen molar-refractivity contribution in [3.63, 3.8) is 0 Å². The van der Waals surface area contributed by atoms with Crippen molar-refractivity contribution in [3.8, 4) is 11.1 Å². The van der Waals surface area contributed by atoms with Crippen LogP contribution in [0.3, 0.4) is 0 Å². The molecule has 63 heavy (non-hydrogen) atoms. The molecule has 0 aromatic heterocycles. The van der Waals surface area contributed by atoms with Crippen LogP contribution in [0.2, 0.25) is 0 Å². The van der Waals surface area contributed by atoms with Gasteiger partial charge in [0.1, 0.15) is 6.04 Å². The minimum absolute atomic E-state index is 0.0451. The molecule has 1 aliphatic heterocycles. The van der Waals surface area contributed by atoms with Gasteiger partial charge in [0, 0.05) is 30.6 Å². The summed E-state index contributed by atoms with van der Waals surface area (Å²) in [5.41, 5.74) is 7.95. The van der Waals surface area contributed by atoms with E-state index in [2.05, 4.69) is 21.9 Å². The molecule has 4 N–H and O–H groups in total. The zero-order valence-electron chi connectivity index (χ0n) is 36.2. The highest BCUT2D eigenvalue weighted by atomic mass is 32.2. The molecule has 0 aliphatic carbocycles. The summed E-state index contributed by atoms with van der Waals surface area (Å²) in [6.45, 7) is 6.70. The lowest BCUT2D eigenvalue weighted by molar-refractivity contribution is -0.276. The zero-order chi connectivity index (χ0) is 44.5. The zero-order valence-corrected chi connectivity index (χ0v) is 37.0. The molecule has 328 valence electrons. The lowest BCUT2D eigenvalue weighted by Gasteiger charge is -2.43. The van der Waals surface area contributed by atoms with Crippen molar-refractivity contribution >= 4 is 15.9 Å². The van der Waals surface area contributed by atoms with Gasteiger partial charge in [0.05, 0.1) is 29.8 Å². The molecule has 0 saturated carbocycles. The predicted molar refractivity (Wildman–Crippen MR) is 246 cm³/mol. The van der Waals surface area contributed by atoms with E-state index in [1.807, 2.05) is 154 Å². The van der Waals surface area contributed by atoms with Crippen LogP contribution < -0.4 is 10.0 Å². The Hall–Kier alpha value is -5.50. The second kappa shape index (κ2) is 20.8. The van der Waals surface area contributed by atoms with E-state index < -0.39 is 34.4 Å². The first kappa shape index (κ1) is 45.5. The van der Waals surface area contributed by atoms with E-state index >= 15 is 0 Å². The van der Waals surface area contributed by atoms with Gasteiger partial charge in [-0.1, -0.05) is 158 Å². The van der Waals surface area contributed by atoms with E-state index in [0.29, 0.717) is 6.54 Å². The Labute approximate surface area is 371 Å². The number of carbonyl (C=O) groups is 1. The fourth-order valence-corrected chi connectivity index (χ4v) is 9.24. The molecule has 1 saturated heterocycles. The molecule has 0 radical (unpaired) electrons. The smallest absolute Gasteiger partial charge is 0.241 e. The monoisotopic (exact) mass is 867 g/mol. The summed E-state index contributed by atoms with van der Waals surface area (Å²) in [7, 11) is -1.99. The van der Waals surface area contributed by atoms with Crippen molar-refractivity contribution in [3.05, 3.63) is 197 Å². The van der Waals surface area contributed by atoms with Crippen LogP contribution in [0, 0.1) is 12.8 Å². The maximum atomic E-state index is 13.9. The van der Waals surface area contributed by atoms with Gasteiger partial charge in [-0.3, -0.25) is 9.69 Å². The number of aliphatic hydroxyl groups excluding tert-OH is 2. The standard InChI is InChI=1S/C52H57N3O7S/c1-35-19-29-45(30-20-35)63(59,60)54-47(31-38-13-7-5-8-14-38)51(58)53-32-44-17-11-12-18-46(44)40-25-27-43(28-26-40)52-61-48(33-55(4)37(3)49(57)41-15-9-6-10-16-41)36(2)50(62-52)42-23-21-39(34-56)22-24-42/h5-30,36-37,47-50,52,54,56-57H,31-34H2,1-4H3,(H,53,58)/t36-,37-,47+,48+,49-,50+,52+/m0/s1. The predicted octanol–water partition coefficient (Wildman–Crippen LogP) is 8.21. The topological polar surface area (TPSA) is 137 Å². The molecular weight excluding hydrogens is 811 g/mol. The summed E-state index contributed by atoms with van der Waals surface area (Å²) in [5.74, 6) is -0.485. The van der Waals surface area contributed by atoms with E-state index in [0.717, 1.165) is 50.1 Å². The minimum atomic E-state index is -3.99. The van der Waals surface area contributed by atoms with Gasteiger partial charge in [-0.05, 0) is 78.4 Å². The van der Waals surface area contributed by atoms with Gasteiger partial charge in [0.25, 0.3) is 0 Å². The number of nitrogens with one attached hydrogen (secondary N) is 2. The van der Waals surface area contributed by atoms with Crippen molar-refractivity contribution in [2.24, 2.45) is 5.92 Å². The highest BCUT2D eigenvalue weighted by molar-refractivity contribution is 7.89. The molecule has 1 fully saturated rings. The molecule has 6 aromatic carbocycles. The number of nitrogens with zero attached hydrogens (tertiary/aromatic N) is 1. The lowest BCUT2D eigenvalue weighted by Crippen LogP contribution is -2.47. The van der Waals surface area contributed by atoms with Crippen molar-refractivity contribution in [1.82, 2.24) is 14.9 Å². The molecule has 1 amide bonds. The van der Waals surface area contributed by atoms with E-state index in [4.69, 9.17) is 9.47 Å². The Bertz CT molecular complexity index is 2500. The van der Waals surface area contributed by atoms with Gasteiger partial charge >= 0.3 is 0 Å². The number of aliphatic hydroxyl groups is 2. The molecule has 0 bridgehead atoms. The first-order chi connectivity index (χ1) is 30.4. The maximum absolute atomic E-state index is 13.9. The van der Waals surface area contributed by atoms with E-state index in [1.165, 1.54) is 12.1 Å². The largest absolute Gasteiger partial charge is 0.392 e. The number of likely N-dealkylation sites (N-methyl/N-ethyl adjacent to an activating group) is 1. The number of rotatable bonds is 17. The molecule has 10 nitrogen and oxygen atoms in total. The molecule has 11 heteroatoms. The first-order valence-electron chi connectivity index (χ1n) is 21.4. The Kier molecular flexibility index (Phi) is 15.0. The molecule has 6 aromatic rings. The third-order valence-corrected chi connectivity index (χ3v) is 13.6. The SMILES string of the molecule is Cc1ccc(S(=O)(=O)N[C@H](Cc2ccccc2)C(=O)NCc2ccccc2-c2ccc([C@@H]3O[C@H](CN(C)[C@@H](C)[C@H](O)c4ccccc4)[C@H](C)[C@H](c4ccc(CO)cc4)O3)cc2)cc1. The molecule has 1 heterocycles. The minimum Gasteiger partial charge on any atom is -0.392 e. The fourth-order valence-electron chi connectivity index (χ4n) is 8.04. The van der Waals surface area contributed by atoms with Crippen LogP contribution >= 0.6 is 0 Å². The number of amides is 1. The van der Waals surface area contributed by atoms with Gasteiger partial charge in [-0.15, -0.1) is 0 Å². The van der Waals surface area contributed by atoms with Crippen LogP contribution in [0.1, 0.15) is 71.3 Å². The quantitative estimate of drug-likeness (QED) is 0.0721. The molecule has 7 atom stereocenters. The average molecular weight is 868 g/mol. The number of hydrogen-bond acceptors (Lipinski definition) is 8. The van der Waals surface area contributed by atoms with E-state index in [-0.39, 0.29) is 48.6 Å². The number of hydrogen-bond donors (Lipinski definition) is 4. The Morgan fingerprint density at radius 3 is 2.05 bits per heavy atom. The van der Waals surface area contributed by atoms with Crippen molar-refractivity contribution in [2.75, 3.05) is 13.6 Å². The van der Waals surface area contributed by atoms with Crippen molar-refractivity contribution < 1.29 is 32.9 Å². The highest BCUT2D eigenvalue weighted by Gasteiger charge is 2.40. The van der Waals surface area contributed by atoms with Crippen LogP contribution in [0.25, 0.3) is 11.1 Å². The van der Waals surface area contributed by atoms with Gasteiger partial charge in [0.15, 0.2) is 6.29 Å². The van der Waals surface area contributed by atoms with Crippen LogP contribution in [-0.2, 0) is 43.9 Å². The summed E-state index contributed by atoms with van der Waals surface area (Å²) >= 11 is 0. The van der Waals surface area contributed by atoms with E-state index in [1.54, 1.807) is 12.1 Å². The maximum Gasteiger partial charge on any atom is 0.241 e. The number of benzene rings is 6. The molecule has 1 aliphatic rings. The van der Waals surface area contributed by atoms with Crippen LogP contribution in [0.15, 0.2) is 163 Å². The molecular formula is C52H57N3O7S. The van der Waals surface area contributed by atoms with Crippen LogP contribution in [0.4, 0.5) is 0 Å². The summed E-state index contributed by atoms with van der Waals surface area (Å²) < 4.78 is 43.1. The van der Waals surface area contributed by atoms with Crippen molar-refractivity contribution in [2.45, 2.75) is 81.9 Å². The van der Waals surface area contributed by atoms with Gasteiger partial charge < -0.3 is 25.0 Å². The van der Waals surface area contributed by atoms with Gasteiger partial charge in [0.2, 0.25) is 15.9 Å². The number of aryl methyl sites for hydroxylation is 1. The first-order valence-corrected chi connectivity index (χ1v) is 22.9. The van der Waals surface area contributed by atoms with Gasteiger partial charge in [-0.25, -0.2) is 8.42 Å². The summed E-state index contributed by atoms with van der Waals surface area (Å²) in [6, 6.07) is 48.0. The molecule has 0 spiro atoms. The van der Waals surface area contributed by atoms with Crippen molar-refractivity contribution in [1.29, 1.82) is 0 Å². The normalized spacial score (nSPS) is 19.3. The second-order valence-corrected chi connectivity index (χ2v) is 18.2. The second-order valence-electron chi connectivity index (χ2n) is 16.5. The summed E-state index contributed by atoms with van der Waals surface area (Å²) in [4.78, 5) is 16.1. The summed E-state index contributed by atoms with van der Waals surface area (Å²) in [6.07, 6.45) is -1.75. The van der Waals surface area contributed by atoms with E-state index in [9.17, 15) is 23.4 Å². The Morgan fingerprint density at radius 2 is 1.38 bits per heavy atom. The van der Waals surface area contributed by atoms with Crippen LogP contribution in [0.5, 0.6) is 0 Å². The third kappa shape index (κ3) is 11.4. The number of carbonyl (C=O) groups excluding carboxylic acids is 1. The van der Waals surface area contributed by atoms with Crippen LogP contribution in [-0.4, -0.2) is 61.2 Å². The molecule has 0 unspecified atom stereocenters. The fraction of sp³-hybridized carbons (Fsp3) is 0.288. The Morgan fingerprint density at radius 1 is 0.762 bits per heavy atom. The number of ether oxygens (including phenoxy) is 2. The third-order valence-electron chi connectivity index (χ3n) is 12.1. The van der Waals surface area contributed by atoms with Gasteiger partial charge in [-0.2, -0.15) is 4.72 Å². The highest BCUT2D eigenvalue weighted by Crippen LogP contribution is 2.42. The summed E-state index contributed by atoms with van der Waals surface area (Å²) in [5, 5.41) is 24.0.